The van der Waals surface area contributed by atoms with E-state index in [9.17, 15) is 44.1 Å². The highest BCUT2D eigenvalue weighted by atomic mass is 31.2. The molecule has 19 heteroatoms. The summed E-state index contributed by atoms with van der Waals surface area (Å²) in [7, 11) is -3.65. The summed E-state index contributed by atoms with van der Waals surface area (Å²) in [5.74, 6) is -1.47. The van der Waals surface area contributed by atoms with Crippen molar-refractivity contribution < 1.29 is 77.0 Å². The van der Waals surface area contributed by atoms with Crippen LogP contribution in [0.3, 0.4) is 0 Å². The monoisotopic (exact) mass is 1110 g/mol. The zero-order valence-corrected chi connectivity index (χ0v) is 48.5. The maximum Gasteiger partial charge on any atom is 0.472 e. The minimum absolute atomic E-state index is 0.00679. The molecule has 0 aliphatic carbocycles. The number of aliphatic hydroxyl groups excluding tert-OH is 3. The Morgan fingerprint density at radius 1 is 0.592 bits per heavy atom. The van der Waals surface area contributed by atoms with Gasteiger partial charge in [-0.05, 0) is 57.8 Å². The van der Waals surface area contributed by atoms with Gasteiger partial charge in [0.05, 0.1) is 25.2 Å². The van der Waals surface area contributed by atoms with Gasteiger partial charge >= 0.3 is 7.82 Å². The molecule has 2 heterocycles. The number of rotatable bonds is 48. The average molecular weight is 1110 g/mol. The van der Waals surface area contributed by atoms with Crippen molar-refractivity contribution in [2.45, 2.75) is 301 Å². The van der Waals surface area contributed by atoms with Crippen molar-refractivity contribution in [2.75, 3.05) is 33.5 Å². The first kappa shape index (κ1) is 70.2. The number of hydrogen-bond acceptors (Lipinski definition) is 14. The summed E-state index contributed by atoms with van der Waals surface area (Å²) < 4.78 is 54.7. The van der Waals surface area contributed by atoms with E-state index in [1.807, 2.05) is 0 Å². The van der Waals surface area contributed by atoms with E-state index in [4.69, 9.17) is 32.9 Å². The molecule has 2 amide bonds. The predicted octanol–water partition coefficient (Wildman–Crippen LogP) is 9.72. The van der Waals surface area contributed by atoms with Crippen LogP contribution >= 0.6 is 7.82 Å². The van der Waals surface area contributed by atoms with Gasteiger partial charge in [0.25, 0.3) is 0 Å². The molecule has 0 aromatic heterocycles. The fraction of sp³-hybridized carbons (Fsp3) is 0.912. The molecular formula is C57H107N2O16P. The third-order valence-electron chi connectivity index (χ3n) is 14.5. The quantitative estimate of drug-likeness (QED) is 0.0129. The lowest BCUT2D eigenvalue weighted by atomic mass is 9.94. The second kappa shape index (κ2) is 43.8. The lowest BCUT2D eigenvalue weighted by molar-refractivity contribution is -0.300. The SMILES string of the molecule is CCCCCC/C=C\CCCCCCCCCC(=O)N[C@H]1[C@H](OC[C@H]2O[C@H](OP(=O)(O)O)[C@H](NC(=O)CC(=O)CC)[C@@H](OCCCCCCCCCC)[C@@H]2O)O[C@H](CCO)[C@@H](O)[C@@H]1OCC[C@@H](CCCCCCC)OC. The molecular weight excluding hydrogens is 1000 g/mol. The Labute approximate surface area is 457 Å². The molecule has 18 nitrogen and oxygen atoms in total. The van der Waals surface area contributed by atoms with Gasteiger partial charge in [0, 0.05) is 39.8 Å². The van der Waals surface area contributed by atoms with Gasteiger partial charge in [-0.1, -0.05) is 168 Å². The first-order valence-corrected chi connectivity index (χ1v) is 31.4. The molecule has 0 unspecified atom stereocenters. The maximum absolute atomic E-state index is 13.8. The number of ether oxygens (including phenoxy) is 6. The van der Waals surface area contributed by atoms with Crippen molar-refractivity contribution >= 4 is 25.4 Å². The first-order valence-electron chi connectivity index (χ1n) is 29.9. The molecule has 0 aromatic rings. The standard InChI is InChI=1S/C57H107N2O16P/c1-6-10-13-16-18-20-21-22-23-24-25-26-27-30-33-36-48(62)58-50-54(71-41-38-45(69-5)35-32-29-15-12-8-3)52(64)46(37-39-60)73-56(50)72-43-47-53(65)55(70-40-34-31-28-19-17-14-11-7-2)51(57(74-47)75-76(66,67)68)59-49(63)42-44(61)9-4/h20-21,45-47,50-57,60,64-65H,6-19,22-43H2,1-5H3,(H,58,62)(H,59,63)(H2,66,67,68)/b21-20-/t45-,46-,47-,50-,51-,52-,53-,54-,55-,56-,57-/m1/s1. The second-order valence-corrected chi connectivity index (χ2v) is 22.3. The predicted molar refractivity (Wildman–Crippen MR) is 294 cm³/mol. The molecule has 11 atom stereocenters. The molecule has 2 aliphatic heterocycles. The Morgan fingerprint density at radius 2 is 1.08 bits per heavy atom. The number of carbonyl (C=O) groups is 3. The number of nitrogens with one attached hydrogen (secondary N) is 2. The number of hydrogen-bond donors (Lipinski definition) is 7. The highest BCUT2D eigenvalue weighted by molar-refractivity contribution is 7.46. The normalized spacial score (nSPS) is 24.5. The number of phosphoric ester groups is 1. The Kier molecular flexibility index (Phi) is 40.5. The maximum atomic E-state index is 13.8. The van der Waals surface area contributed by atoms with Gasteiger partial charge in [-0.15, -0.1) is 0 Å². The Morgan fingerprint density at radius 3 is 1.64 bits per heavy atom. The van der Waals surface area contributed by atoms with E-state index >= 15 is 0 Å². The van der Waals surface area contributed by atoms with Crippen LogP contribution in [-0.4, -0.2) is 144 Å². The molecule has 0 aromatic carbocycles. The van der Waals surface area contributed by atoms with Crippen LogP contribution < -0.4 is 10.6 Å². The van der Waals surface area contributed by atoms with Gasteiger partial charge in [-0.2, -0.15) is 0 Å². The van der Waals surface area contributed by atoms with Crippen molar-refractivity contribution in [2.24, 2.45) is 0 Å². The Hall–Kier alpha value is -1.90. The molecule has 0 saturated carbocycles. The van der Waals surface area contributed by atoms with Crippen molar-refractivity contribution in [3.8, 4) is 0 Å². The zero-order valence-electron chi connectivity index (χ0n) is 47.6. The van der Waals surface area contributed by atoms with E-state index < -0.39 is 88.0 Å². The molecule has 0 bridgehead atoms. The van der Waals surface area contributed by atoms with Crippen molar-refractivity contribution in [3.05, 3.63) is 12.2 Å². The van der Waals surface area contributed by atoms with Gasteiger partial charge < -0.3 is 64.2 Å². The Balaban J connectivity index is 2.31. The van der Waals surface area contributed by atoms with Crippen LogP contribution in [-0.2, 0) is 51.9 Å². The molecule has 0 spiro atoms. The fourth-order valence-electron chi connectivity index (χ4n) is 9.90. The van der Waals surface area contributed by atoms with Crippen LogP contribution in [0.4, 0.5) is 0 Å². The van der Waals surface area contributed by atoms with Gasteiger partial charge in [0.2, 0.25) is 11.8 Å². The summed E-state index contributed by atoms with van der Waals surface area (Å²) in [6.45, 7) is 7.58. The van der Waals surface area contributed by atoms with E-state index in [2.05, 4.69) is 43.6 Å². The molecule has 2 aliphatic rings. The van der Waals surface area contributed by atoms with Crippen LogP contribution in [0.2, 0.25) is 0 Å². The molecule has 76 heavy (non-hydrogen) atoms. The van der Waals surface area contributed by atoms with Crippen molar-refractivity contribution in [1.82, 2.24) is 10.6 Å². The molecule has 2 saturated heterocycles. The van der Waals surface area contributed by atoms with E-state index in [0.717, 1.165) is 109 Å². The molecule has 7 N–H and O–H groups in total. The lowest BCUT2D eigenvalue weighted by Crippen LogP contribution is -2.67. The van der Waals surface area contributed by atoms with Crippen LogP contribution in [0.1, 0.15) is 233 Å². The number of amides is 2. The zero-order chi connectivity index (χ0) is 55.8. The summed E-state index contributed by atoms with van der Waals surface area (Å²) in [5, 5.41) is 39.4. The van der Waals surface area contributed by atoms with Crippen molar-refractivity contribution in [3.63, 3.8) is 0 Å². The number of carbonyl (C=O) groups excluding carboxylic acids is 3. The number of Topliss-reactive ketones (excluding diaryl/α,β-unsaturated/α-hetero) is 1. The van der Waals surface area contributed by atoms with E-state index in [1.165, 1.54) is 51.4 Å². The average Bonchev–Trinajstić information content (AvgIpc) is 3.38. The topological polar surface area (TPSA) is 258 Å². The molecule has 2 fully saturated rings. The van der Waals surface area contributed by atoms with Crippen molar-refractivity contribution in [1.29, 1.82) is 0 Å². The van der Waals surface area contributed by atoms with Crippen LogP contribution in [0.5, 0.6) is 0 Å². The van der Waals surface area contributed by atoms with Crippen LogP contribution in [0, 0.1) is 0 Å². The number of aliphatic hydroxyl groups is 3. The first-order chi connectivity index (χ1) is 36.7. The number of allylic oxidation sites excluding steroid dienone is 2. The lowest BCUT2D eigenvalue weighted by Gasteiger charge is -2.47. The minimum Gasteiger partial charge on any atom is -0.396 e. The number of methoxy groups -OCH3 is 1. The summed E-state index contributed by atoms with van der Waals surface area (Å²) in [5.41, 5.74) is 0. The minimum atomic E-state index is -5.31. The third-order valence-corrected chi connectivity index (χ3v) is 15.0. The third kappa shape index (κ3) is 31.2. The highest BCUT2D eigenvalue weighted by Gasteiger charge is 2.51. The van der Waals surface area contributed by atoms with E-state index in [-0.39, 0.29) is 56.9 Å². The van der Waals surface area contributed by atoms with E-state index in [1.54, 1.807) is 14.0 Å². The second-order valence-electron chi connectivity index (χ2n) is 21.1. The molecule has 0 radical (unpaired) electrons. The fourth-order valence-corrected chi connectivity index (χ4v) is 10.4. The van der Waals surface area contributed by atoms with Gasteiger partial charge in [-0.25, -0.2) is 4.57 Å². The largest absolute Gasteiger partial charge is 0.472 e. The molecule has 2 rings (SSSR count). The van der Waals surface area contributed by atoms with Gasteiger partial charge in [-0.3, -0.25) is 18.9 Å². The Bertz CT molecular complexity index is 1560. The number of phosphoric acid groups is 1. The van der Waals surface area contributed by atoms with Crippen LogP contribution in [0.25, 0.3) is 0 Å². The van der Waals surface area contributed by atoms with Crippen LogP contribution in [0.15, 0.2) is 12.2 Å². The molecule has 446 valence electrons. The highest BCUT2D eigenvalue weighted by Crippen LogP contribution is 2.41. The number of ketones is 1. The summed E-state index contributed by atoms with van der Waals surface area (Å²) in [6.07, 6.45) is 22.6. The van der Waals surface area contributed by atoms with E-state index in [0.29, 0.717) is 19.3 Å². The number of unbranched alkanes of at least 4 members (excludes halogenated alkanes) is 22. The smallest absolute Gasteiger partial charge is 0.396 e. The van der Waals surface area contributed by atoms with Gasteiger partial charge in [0.15, 0.2) is 12.6 Å². The summed E-state index contributed by atoms with van der Waals surface area (Å²) in [4.78, 5) is 59.3. The van der Waals surface area contributed by atoms with Gasteiger partial charge in [0.1, 0.15) is 48.4 Å². The summed E-state index contributed by atoms with van der Waals surface area (Å²) >= 11 is 0. The summed E-state index contributed by atoms with van der Waals surface area (Å²) in [6, 6.07) is -2.56.